The van der Waals surface area contributed by atoms with Crippen molar-refractivity contribution in [2.75, 3.05) is 0 Å². The predicted molar refractivity (Wildman–Crippen MR) is 314 cm³/mol. The molecule has 12 nitrogen and oxygen atoms in total. The Morgan fingerprint density at radius 1 is 0.279 bits per heavy atom. The Balaban J connectivity index is 1.29. The maximum Gasteiger partial charge on any atom is 0.417 e. The molecule has 86 heavy (non-hydrogen) atoms. The molecule has 2 aromatic heterocycles. The van der Waals surface area contributed by atoms with Crippen LogP contribution in [-0.4, -0.2) is 9.13 Å². The smallest absolute Gasteiger partial charge is 0.308 e. The number of fused-ring (bicyclic) bond motifs is 6. The van der Waals surface area contributed by atoms with Gasteiger partial charge < -0.3 is 9.13 Å². The minimum Gasteiger partial charge on any atom is -0.308 e. The van der Waals surface area contributed by atoms with E-state index >= 15 is 13.2 Å². The highest BCUT2D eigenvalue weighted by Crippen LogP contribution is 2.46. The van der Waals surface area contributed by atoms with Crippen LogP contribution in [0.1, 0.15) is 61.2 Å². The third-order valence-electron chi connectivity index (χ3n) is 15.1. The molecule has 12 rings (SSSR count). The van der Waals surface area contributed by atoms with E-state index in [-0.39, 0.29) is 72.6 Å². The van der Waals surface area contributed by atoms with Crippen LogP contribution in [0.2, 0.25) is 0 Å². The van der Waals surface area contributed by atoms with E-state index in [9.17, 15) is 52.6 Å². The highest BCUT2D eigenvalue weighted by atomic mass is 19.4. The van der Waals surface area contributed by atoms with Crippen LogP contribution >= 0.6 is 0 Å². The summed E-state index contributed by atoms with van der Waals surface area (Å²) >= 11 is 0. The van der Waals surface area contributed by atoms with Gasteiger partial charge in [0.2, 0.25) is 0 Å². The molecule has 0 aliphatic rings. The zero-order chi connectivity index (χ0) is 60.1. The number of nitriles is 10. The van der Waals surface area contributed by atoms with Crippen molar-refractivity contribution in [3.05, 3.63) is 237 Å². The second kappa shape index (κ2) is 20.9. The number of hydrogen-bond donors (Lipinski definition) is 0. The number of alkyl halides is 3. The molecule has 0 aliphatic carbocycles. The summed E-state index contributed by atoms with van der Waals surface area (Å²) in [5.41, 5.74) is 5.06. The first-order chi connectivity index (χ1) is 41.7. The first kappa shape index (κ1) is 53.1. The molecule has 0 spiro atoms. The van der Waals surface area contributed by atoms with Crippen molar-refractivity contribution in [3.63, 3.8) is 0 Å². The van der Waals surface area contributed by atoms with Crippen molar-refractivity contribution in [3.8, 4) is 128 Å². The summed E-state index contributed by atoms with van der Waals surface area (Å²) in [5.74, 6) is 0. The van der Waals surface area contributed by atoms with Crippen molar-refractivity contribution in [1.82, 2.24) is 9.13 Å². The molecule has 0 amide bonds. The van der Waals surface area contributed by atoms with Crippen LogP contribution in [0.4, 0.5) is 13.2 Å². The van der Waals surface area contributed by atoms with E-state index in [1.165, 1.54) is 42.5 Å². The molecular formula is C71H29F3N12. The zero-order valence-corrected chi connectivity index (χ0v) is 44.2. The molecule has 0 saturated heterocycles. The maximum atomic E-state index is 15.7. The van der Waals surface area contributed by atoms with Crippen molar-refractivity contribution in [2.24, 2.45) is 0 Å². The van der Waals surface area contributed by atoms with Gasteiger partial charge in [0, 0.05) is 27.1 Å². The first-order valence-electron chi connectivity index (χ1n) is 25.9. The number of halogens is 3. The third-order valence-corrected chi connectivity index (χ3v) is 15.1. The Labute approximate surface area is 487 Å². The van der Waals surface area contributed by atoms with E-state index in [2.05, 4.69) is 54.6 Å². The van der Waals surface area contributed by atoms with Crippen LogP contribution in [0.3, 0.4) is 0 Å². The Hall–Kier alpha value is -13.5. The lowest BCUT2D eigenvalue weighted by atomic mass is 9.92. The number of hydrogen-bond acceptors (Lipinski definition) is 10. The number of nitrogens with zero attached hydrogens (tertiary/aromatic N) is 12. The molecule has 0 bridgehead atoms. The molecule has 15 heteroatoms. The topological polar surface area (TPSA) is 248 Å². The summed E-state index contributed by atoms with van der Waals surface area (Å²) in [6, 6.07) is 67.7. The van der Waals surface area contributed by atoms with Crippen LogP contribution in [0, 0.1) is 113 Å². The van der Waals surface area contributed by atoms with Gasteiger partial charge in [-0.2, -0.15) is 65.8 Å². The minimum atomic E-state index is -5.02. The molecule has 0 aliphatic heterocycles. The number of benzene rings is 10. The van der Waals surface area contributed by atoms with Crippen LogP contribution in [0.15, 0.2) is 176 Å². The van der Waals surface area contributed by atoms with Gasteiger partial charge >= 0.3 is 6.18 Å². The van der Waals surface area contributed by atoms with Crippen molar-refractivity contribution in [2.45, 2.75) is 6.18 Å². The van der Waals surface area contributed by atoms with Crippen molar-refractivity contribution >= 4 is 43.6 Å². The zero-order valence-electron chi connectivity index (χ0n) is 44.2. The van der Waals surface area contributed by atoms with Crippen LogP contribution < -0.4 is 0 Å². The van der Waals surface area contributed by atoms with E-state index in [4.69, 9.17) is 0 Å². The SMILES string of the molecule is N#Cc1cc(C#N)cc(-c2ccc3c4ccc(-c5cc(C#N)cc(C#N)c5)cc4n(-c4cc(-c5c(C#N)cccc5C(F)(F)F)cc(-n5c6cc(-c7cc(C#N)cc(C#N)c7)ccc6c6ccc(-c7cc(C#N)cc(C#N)c7)cc65)c4C#N)c3c2)c1. The number of aromatic nitrogens is 2. The van der Waals surface area contributed by atoms with E-state index in [0.29, 0.717) is 88.1 Å². The molecule has 0 fully saturated rings. The fourth-order valence-electron chi connectivity index (χ4n) is 11.4. The standard InChI is InChI=1S/C71H29F3N12/c72-71(73,74)63-3-1-2-52(38-83)70(63)57-28-68(85-64-24-48(53-16-40(30-75)12-41(17-53)31-76)4-8-58(64)59-9-5-49(25-65(59)85)54-18-42(32-77)13-43(19-54)33-78)62(39-84)69(29-57)86-66-26-50(55-20-44(34-79)14-45(21-55)35-80)6-10-60(66)61-11-7-51(27-67(61)86)56-22-46(36-81)15-47(23-56)37-82/h1-29H. The lowest BCUT2D eigenvalue weighted by Crippen LogP contribution is -2.10. The molecule has 0 unspecified atom stereocenters. The Morgan fingerprint density at radius 2 is 0.570 bits per heavy atom. The molecule has 12 aromatic rings. The van der Waals surface area contributed by atoms with Gasteiger partial charge in [-0.25, -0.2) is 0 Å². The fourth-order valence-corrected chi connectivity index (χ4v) is 11.4. The molecule has 10 aromatic carbocycles. The van der Waals surface area contributed by atoms with Crippen molar-refractivity contribution < 1.29 is 13.2 Å². The summed E-state index contributed by atoms with van der Waals surface area (Å²) in [6.45, 7) is 0. The largest absolute Gasteiger partial charge is 0.417 e. The average molecular weight is 1110 g/mol. The van der Waals surface area contributed by atoms with E-state index in [1.54, 1.807) is 106 Å². The van der Waals surface area contributed by atoms with E-state index in [0.717, 1.165) is 12.1 Å². The van der Waals surface area contributed by atoms with Gasteiger partial charge in [0.15, 0.2) is 0 Å². The lowest BCUT2D eigenvalue weighted by Gasteiger charge is -2.21. The summed E-state index contributed by atoms with van der Waals surface area (Å²) in [4.78, 5) is 0. The Kier molecular flexibility index (Phi) is 12.9. The van der Waals surface area contributed by atoms with E-state index in [1.807, 2.05) is 30.3 Å². The van der Waals surface area contributed by atoms with Crippen LogP contribution in [0.25, 0.3) is 111 Å². The second-order valence-corrected chi connectivity index (χ2v) is 20.0. The van der Waals surface area contributed by atoms with E-state index < -0.39 is 17.3 Å². The average Bonchev–Trinajstić information content (AvgIpc) is 1.71. The van der Waals surface area contributed by atoms with Gasteiger partial charge in [0.1, 0.15) is 11.6 Å². The van der Waals surface area contributed by atoms with Gasteiger partial charge in [0.05, 0.1) is 144 Å². The molecule has 394 valence electrons. The predicted octanol–water partition coefficient (Wildman–Crippen LogP) is 16.0. The normalized spacial score (nSPS) is 10.8. The van der Waals surface area contributed by atoms with Crippen molar-refractivity contribution in [1.29, 1.82) is 52.6 Å². The van der Waals surface area contributed by atoms with Gasteiger partial charge in [-0.15, -0.1) is 0 Å². The monoisotopic (exact) mass is 1110 g/mol. The second-order valence-electron chi connectivity index (χ2n) is 20.0. The van der Waals surface area contributed by atoms with Crippen LogP contribution in [0.5, 0.6) is 0 Å². The molecule has 0 radical (unpaired) electrons. The minimum absolute atomic E-state index is 0.0326. The maximum absolute atomic E-state index is 15.7. The lowest BCUT2D eigenvalue weighted by molar-refractivity contribution is -0.137. The Morgan fingerprint density at radius 3 is 0.814 bits per heavy atom. The Bertz CT molecular complexity index is 4800. The molecule has 0 N–H and O–H groups in total. The van der Waals surface area contributed by atoms with Gasteiger partial charge in [-0.1, -0.05) is 54.6 Å². The molecule has 0 atom stereocenters. The van der Waals surface area contributed by atoms with Gasteiger partial charge in [-0.3, -0.25) is 0 Å². The third kappa shape index (κ3) is 9.00. The van der Waals surface area contributed by atoms with Crippen LogP contribution in [-0.2, 0) is 6.18 Å². The highest BCUT2D eigenvalue weighted by molar-refractivity contribution is 6.13. The summed E-state index contributed by atoms with van der Waals surface area (Å²) in [7, 11) is 0. The van der Waals surface area contributed by atoms with Gasteiger partial charge in [-0.05, 0) is 171 Å². The summed E-state index contributed by atoms with van der Waals surface area (Å²) < 4.78 is 50.5. The highest BCUT2D eigenvalue weighted by Gasteiger charge is 2.36. The molecule has 0 saturated carbocycles. The first-order valence-corrected chi connectivity index (χ1v) is 25.9. The fraction of sp³-hybridized carbons (Fsp3) is 0.0141. The quantitative estimate of drug-likeness (QED) is 0.146. The summed E-state index contributed by atoms with van der Waals surface area (Å²) in [5, 5.41) is 106. The van der Waals surface area contributed by atoms with Gasteiger partial charge in [0.25, 0.3) is 0 Å². The molecular weight excluding hydrogens is 1080 g/mol. The molecule has 2 heterocycles. The number of rotatable bonds is 7. The summed E-state index contributed by atoms with van der Waals surface area (Å²) in [6.07, 6.45) is -5.02.